The Labute approximate surface area is 153 Å². The van der Waals surface area contributed by atoms with E-state index < -0.39 is 0 Å². The number of nitrogens with one attached hydrogen (secondary N) is 2. The minimum absolute atomic E-state index is 0.116. The summed E-state index contributed by atoms with van der Waals surface area (Å²) >= 11 is 7.38. The van der Waals surface area contributed by atoms with Gasteiger partial charge in [-0.25, -0.2) is 4.98 Å². The van der Waals surface area contributed by atoms with E-state index in [1.54, 1.807) is 18.9 Å². The predicted molar refractivity (Wildman–Crippen MR) is 104 cm³/mol. The molecule has 1 atom stereocenters. The lowest BCUT2D eigenvalue weighted by Crippen LogP contribution is -2.40. The number of anilines is 1. The van der Waals surface area contributed by atoms with Crippen LogP contribution in [0.1, 0.15) is 18.7 Å². The third kappa shape index (κ3) is 5.19. The molecule has 128 valence electrons. The van der Waals surface area contributed by atoms with Crippen molar-refractivity contribution in [3.8, 4) is 0 Å². The average molecular weight is 363 g/mol. The van der Waals surface area contributed by atoms with E-state index in [-0.39, 0.29) is 6.04 Å². The fourth-order valence-electron chi connectivity index (χ4n) is 2.39. The molecule has 2 N–H and O–H groups in total. The minimum Gasteiger partial charge on any atom is -0.383 e. The molecule has 0 bridgehead atoms. The maximum Gasteiger partial charge on any atom is 0.202 e. The Balaban J connectivity index is 2.15. The van der Waals surface area contributed by atoms with Gasteiger partial charge < -0.3 is 15.0 Å². The van der Waals surface area contributed by atoms with E-state index in [1.165, 1.54) is 4.90 Å². The van der Waals surface area contributed by atoms with Crippen LogP contribution in [0.4, 0.5) is 5.69 Å². The lowest BCUT2D eigenvalue weighted by molar-refractivity contribution is -0.395. The molecule has 6 heteroatoms. The van der Waals surface area contributed by atoms with Gasteiger partial charge in [0.05, 0.1) is 6.61 Å². The topological polar surface area (TPSA) is 38.6 Å². The number of nitrogens with zero attached hydrogens (tertiary/aromatic N) is 1. The molecular formula is C18H24N3OS2+. The number of aromatic nitrogens is 1. The Hall–Kier alpha value is -1.63. The van der Waals surface area contributed by atoms with Crippen LogP contribution < -0.4 is 10.3 Å². The Kier molecular flexibility index (Phi) is 7.49. The van der Waals surface area contributed by atoms with Gasteiger partial charge in [0.15, 0.2) is 11.3 Å². The second-order valence-corrected chi connectivity index (χ2v) is 6.61. The lowest BCUT2D eigenvalue weighted by atomic mass is 10.2. The first kappa shape index (κ1) is 18.7. The Morgan fingerprint density at radius 1 is 1.33 bits per heavy atom. The monoisotopic (exact) mass is 362 g/mol. The number of benzene rings is 1. The van der Waals surface area contributed by atoms with Crippen LogP contribution in [0.3, 0.4) is 0 Å². The first-order chi connectivity index (χ1) is 11.7. The summed E-state index contributed by atoms with van der Waals surface area (Å²) in [5.74, 6) is 0. The highest BCUT2D eigenvalue weighted by molar-refractivity contribution is 7.98. The number of thiocarbonyl (C=S) groups is 1. The highest BCUT2D eigenvalue weighted by Crippen LogP contribution is 2.21. The molecule has 24 heavy (non-hydrogen) atoms. The molecule has 1 unspecified atom stereocenters. The molecule has 0 fully saturated rings. The molecule has 0 aliphatic heterocycles. The predicted octanol–water partition coefficient (Wildman–Crippen LogP) is 3.63. The van der Waals surface area contributed by atoms with Crippen LogP contribution in [0.25, 0.3) is 0 Å². The van der Waals surface area contributed by atoms with Gasteiger partial charge in [0.2, 0.25) is 5.69 Å². The van der Waals surface area contributed by atoms with Crippen molar-refractivity contribution in [3.63, 3.8) is 0 Å². The zero-order valence-corrected chi connectivity index (χ0v) is 15.9. The highest BCUT2D eigenvalue weighted by Gasteiger charge is 2.22. The van der Waals surface area contributed by atoms with Crippen LogP contribution in [0.15, 0.2) is 53.6 Å². The lowest BCUT2D eigenvalue weighted by Gasteiger charge is -2.29. The Morgan fingerprint density at radius 3 is 2.83 bits per heavy atom. The molecule has 1 aromatic carbocycles. The van der Waals surface area contributed by atoms with Crippen molar-refractivity contribution in [1.82, 2.24) is 4.90 Å². The van der Waals surface area contributed by atoms with E-state index in [2.05, 4.69) is 46.6 Å². The van der Waals surface area contributed by atoms with E-state index in [0.717, 1.165) is 11.4 Å². The van der Waals surface area contributed by atoms with Gasteiger partial charge in [-0.2, -0.15) is 0 Å². The Bertz CT molecular complexity index is 652. The summed E-state index contributed by atoms with van der Waals surface area (Å²) in [6.45, 7) is 3.46. The van der Waals surface area contributed by atoms with Crippen molar-refractivity contribution in [3.05, 3.63) is 54.4 Å². The maximum absolute atomic E-state index is 5.67. The van der Waals surface area contributed by atoms with Crippen molar-refractivity contribution >= 4 is 34.8 Å². The molecule has 0 saturated heterocycles. The smallest absolute Gasteiger partial charge is 0.202 e. The number of methoxy groups -OCH3 is 1. The fraction of sp³-hybridized carbons (Fsp3) is 0.333. The van der Waals surface area contributed by atoms with E-state index in [9.17, 15) is 0 Å². The van der Waals surface area contributed by atoms with Crippen molar-refractivity contribution in [2.24, 2.45) is 0 Å². The molecule has 1 heterocycles. The zero-order valence-electron chi connectivity index (χ0n) is 14.3. The normalized spacial score (nSPS) is 11.8. The van der Waals surface area contributed by atoms with Crippen LogP contribution in [0, 0.1) is 0 Å². The van der Waals surface area contributed by atoms with Crippen molar-refractivity contribution in [2.75, 3.05) is 31.8 Å². The standard InChI is InChI=1S/C18H23N3OS2/c1-14(17-9-4-5-10-19-17)21(11-12-22-2)18(23)20-15-7-6-8-16(13-15)24-3/h4-10,13-14H,11-12H2,1-3H3,(H,20,23)/p+1. The quantitative estimate of drug-likeness (QED) is 0.601. The van der Waals surface area contributed by atoms with Gasteiger partial charge in [-0.1, -0.05) is 12.1 Å². The van der Waals surface area contributed by atoms with Crippen molar-refractivity contribution in [2.45, 2.75) is 17.9 Å². The first-order valence-electron chi connectivity index (χ1n) is 7.83. The molecule has 4 nitrogen and oxygen atoms in total. The molecular weight excluding hydrogens is 338 g/mol. The molecule has 0 amide bonds. The summed E-state index contributed by atoms with van der Waals surface area (Å²) in [6, 6.07) is 14.4. The summed E-state index contributed by atoms with van der Waals surface area (Å²) in [6.07, 6.45) is 3.99. The molecule has 0 aliphatic carbocycles. The number of pyridine rings is 1. The van der Waals surface area contributed by atoms with Crippen LogP contribution >= 0.6 is 24.0 Å². The molecule has 1 aromatic heterocycles. The van der Waals surface area contributed by atoms with Crippen LogP contribution in [0.5, 0.6) is 0 Å². The van der Waals surface area contributed by atoms with E-state index in [0.29, 0.717) is 18.3 Å². The summed E-state index contributed by atoms with van der Waals surface area (Å²) in [4.78, 5) is 6.63. The van der Waals surface area contributed by atoms with Crippen LogP contribution in [-0.2, 0) is 4.74 Å². The second-order valence-electron chi connectivity index (χ2n) is 5.34. The second kappa shape index (κ2) is 9.61. The third-order valence-electron chi connectivity index (χ3n) is 3.77. The van der Waals surface area contributed by atoms with Gasteiger partial charge in [-0.05, 0) is 43.6 Å². The fourth-order valence-corrected chi connectivity index (χ4v) is 3.22. The van der Waals surface area contributed by atoms with Crippen molar-refractivity contribution in [1.29, 1.82) is 0 Å². The summed E-state index contributed by atoms with van der Waals surface area (Å²) < 4.78 is 5.25. The van der Waals surface area contributed by atoms with Gasteiger partial charge in [0, 0.05) is 36.4 Å². The number of aromatic amines is 1. The third-order valence-corrected chi connectivity index (χ3v) is 4.83. The maximum atomic E-state index is 5.67. The van der Waals surface area contributed by atoms with Crippen LogP contribution in [0.2, 0.25) is 0 Å². The number of ether oxygens (including phenoxy) is 1. The molecule has 0 radical (unpaired) electrons. The summed E-state index contributed by atoms with van der Waals surface area (Å²) in [5, 5.41) is 4.04. The number of thioether (sulfide) groups is 1. The van der Waals surface area contributed by atoms with E-state index in [1.807, 2.05) is 30.5 Å². The average Bonchev–Trinajstić information content (AvgIpc) is 2.62. The molecule has 0 aliphatic rings. The van der Waals surface area contributed by atoms with Crippen molar-refractivity contribution < 1.29 is 9.72 Å². The largest absolute Gasteiger partial charge is 0.383 e. The van der Waals surface area contributed by atoms with Gasteiger partial charge in [0.25, 0.3) is 0 Å². The van der Waals surface area contributed by atoms with E-state index >= 15 is 0 Å². The highest BCUT2D eigenvalue weighted by atomic mass is 32.2. The molecule has 2 aromatic rings. The van der Waals surface area contributed by atoms with Crippen LogP contribution in [-0.4, -0.2) is 36.5 Å². The molecule has 0 saturated carbocycles. The number of H-pyrrole nitrogens is 1. The number of hydrogen-bond donors (Lipinski definition) is 1. The van der Waals surface area contributed by atoms with E-state index in [4.69, 9.17) is 17.0 Å². The Morgan fingerprint density at radius 2 is 2.17 bits per heavy atom. The summed E-state index contributed by atoms with van der Waals surface area (Å²) in [5.41, 5.74) is 2.11. The summed E-state index contributed by atoms with van der Waals surface area (Å²) in [7, 11) is 1.70. The minimum atomic E-state index is 0.116. The van der Waals surface area contributed by atoms with Gasteiger partial charge in [-0.15, -0.1) is 11.8 Å². The first-order valence-corrected chi connectivity index (χ1v) is 9.46. The molecule has 0 spiro atoms. The SMILES string of the molecule is COCCN(C(=S)Nc1cccc(SC)c1)C(C)c1cccc[nH+]1. The zero-order chi connectivity index (χ0) is 17.4. The van der Waals surface area contributed by atoms with Gasteiger partial charge >= 0.3 is 0 Å². The number of hydrogen-bond acceptors (Lipinski definition) is 3. The van der Waals surface area contributed by atoms with Gasteiger partial charge in [-0.3, -0.25) is 0 Å². The molecule has 2 rings (SSSR count). The van der Waals surface area contributed by atoms with Gasteiger partial charge in [0.1, 0.15) is 6.04 Å². The number of rotatable bonds is 7.